The normalized spacial score (nSPS) is 20.6. The second-order valence-electron chi connectivity index (χ2n) is 4.41. The van der Waals surface area contributed by atoms with Gasteiger partial charge in [0, 0.05) is 18.7 Å². The molecule has 0 aromatic carbocycles. The van der Waals surface area contributed by atoms with E-state index in [2.05, 4.69) is 29.9 Å². The smallest absolute Gasteiger partial charge is 0.179 e. The summed E-state index contributed by atoms with van der Waals surface area (Å²) < 4.78 is 2.11. The monoisotopic (exact) mass is 228 g/mol. The van der Waals surface area contributed by atoms with Gasteiger partial charge in [0.05, 0.1) is 11.7 Å². The van der Waals surface area contributed by atoms with Gasteiger partial charge in [0.15, 0.2) is 11.3 Å². The summed E-state index contributed by atoms with van der Waals surface area (Å²) in [6.07, 6.45) is 4.78. The molecule has 17 heavy (non-hydrogen) atoms. The predicted octanol–water partition coefficient (Wildman–Crippen LogP) is 0.682. The molecule has 4 rings (SSSR count). The van der Waals surface area contributed by atoms with Crippen LogP contribution < -0.4 is 5.32 Å². The molecule has 0 bridgehead atoms. The summed E-state index contributed by atoms with van der Waals surface area (Å²) in [5.74, 6) is 1.49. The van der Waals surface area contributed by atoms with Crippen molar-refractivity contribution in [2.75, 3.05) is 13.1 Å². The lowest BCUT2D eigenvalue weighted by Crippen LogP contribution is -2.10. The van der Waals surface area contributed by atoms with Crippen molar-refractivity contribution in [3.63, 3.8) is 0 Å². The highest BCUT2D eigenvalue weighted by Crippen LogP contribution is 2.23. The molecule has 3 aromatic heterocycles. The first kappa shape index (κ1) is 9.12. The van der Waals surface area contributed by atoms with E-state index in [1.807, 2.05) is 12.3 Å². The van der Waals surface area contributed by atoms with Crippen LogP contribution in [0.15, 0.2) is 18.5 Å². The Labute approximate surface area is 97.1 Å². The molecule has 6 heteroatoms. The number of nitrogens with one attached hydrogen (secondary N) is 2. The van der Waals surface area contributed by atoms with E-state index in [1.165, 1.54) is 0 Å². The molecule has 0 unspecified atom stereocenters. The zero-order valence-electron chi connectivity index (χ0n) is 9.22. The van der Waals surface area contributed by atoms with E-state index in [0.717, 1.165) is 42.1 Å². The van der Waals surface area contributed by atoms with Crippen molar-refractivity contribution in [3.05, 3.63) is 24.3 Å². The maximum absolute atomic E-state index is 4.33. The van der Waals surface area contributed by atoms with Gasteiger partial charge in [-0.1, -0.05) is 0 Å². The minimum absolute atomic E-state index is 0.450. The molecule has 1 fully saturated rings. The van der Waals surface area contributed by atoms with Crippen LogP contribution in [-0.4, -0.2) is 37.7 Å². The fourth-order valence-corrected chi connectivity index (χ4v) is 2.54. The van der Waals surface area contributed by atoms with Gasteiger partial charge in [-0.25, -0.2) is 4.98 Å². The average molecular weight is 228 g/mol. The van der Waals surface area contributed by atoms with E-state index in [1.54, 1.807) is 6.20 Å². The molecular weight excluding hydrogens is 216 g/mol. The molecule has 3 aromatic rings. The number of nitrogens with zero attached hydrogens (tertiary/aromatic N) is 4. The van der Waals surface area contributed by atoms with Crippen molar-refractivity contribution >= 4 is 16.8 Å². The van der Waals surface area contributed by atoms with Gasteiger partial charge in [-0.3, -0.25) is 4.40 Å². The molecular formula is C11H12N6. The number of aromatic nitrogens is 5. The third kappa shape index (κ3) is 1.21. The van der Waals surface area contributed by atoms with Crippen molar-refractivity contribution in [3.8, 4) is 0 Å². The van der Waals surface area contributed by atoms with Crippen LogP contribution in [0.2, 0.25) is 0 Å². The highest BCUT2D eigenvalue weighted by Gasteiger charge is 2.23. The minimum Gasteiger partial charge on any atom is -0.345 e. The van der Waals surface area contributed by atoms with E-state index < -0.39 is 0 Å². The minimum atomic E-state index is 0.450. The lowest BCUT2D eigenvalue weighted by molar-refractivity contribution is 0.696. The van der Waals surface area contributed by atoms with E-state index >= 15 is 0 Å². The largest absolute Gasteiger partial charge is 0.345 e. The Morgan fingerprint density at radius 1 is 1.35 bits per heavy atom. The second kappa shape index (κ2) is 3.27. The molecule has 0 radical (unpaired) electrons. The predicted molar refractivity (Wildman–Crippen MR) is 62.9 cm³/mol. The van der Waals surface area contributed by atoms with Gasteiger partial charge in [-0.05, 0) is 19.0 Å². The topological polar surface area (TPSA) is 70.9 Å². The first-order valence-corrected chi connectivity index (χ1v) is 5.81. The van der Waals surface area contributed by atoms with E-state index in [4.69, 9.17) is 0 Å². The van der Waals surface area contributed by atoms with E-state index in [0.29, 0.717) is 5.92 Å². The van der Waals surface area contributed by atoms with Gasteiger partial charge in [0.2, 0.25) is 0 Å². The van der Waals surface area contributed by atoms with Crippen molar-refractivity contribution in [2.45, 2.75) is 12.3 Å². The Morgan fingerprint density at radius 3 is 3.24 bits per heavy atom. The third-order valence-corrected chi connectivity index (χ3v) is 3.39. The fraction of sp³-hybridized carbons (Fsp3) is 0.364. The number of fused-ring (bicyclic) bond motifs is 3. The standard InChI is InChI=1S/C11H12N6/c1-3-12-5-7(1)11-16-15-9-6-14-10-8(17(9)11)2-4-13-10/h2,4,6-7,12-13H,1,3,5H2/t7-/m0/s1. The Kier molecular flexibility index (Phi) is 1.75. The van der Waals surface area contributed by atoms with Crippen LogP contribution in [0.1, 0.15) is 18.2 Å². The summed E-state index contributed by atoms with van der Waals surface area (Å²) in [6, 6.07) is 2.02. The number of hydrogen-bond acceptors (Lipinski definition) is 4. The highest BCUT2D eigenvalue weighted by atomic mass is 15.3. The molecule has 86 valence electrons. The Balaban J connectivity index is 2.05. The summed E-state index contributed by atoms with van der Waals surface area (Å²) in [5, 5.41) is 11.9. The third-order valence-electron chi connectivity index (χ3n) is 3.39. The number of H-pyrrole nitrogens is 1. The van der Waals surface area contributed by atoms with Gasteiger partial charge in [0.25, 0.3) is 0 Å². The maximum atomic E-state index is 4.33. The van der Waals surface area contributed by atoms with Crippen LogP contribution in [0.4, 0.5) is 0 Å². The fourth-order valence-electron chi connectivity index (χ4n) is 2.54. The van der Waals surface area contributed by atoms with Crippen molar-refractivity contribution in [1.29, 1.82) is 0 Å². The van der Waals surface area contributed by atoms with Crippen molar-refractivity contribution < 1.29 is 0 Å². The summed E-state index contributed by atoms with van der Waals surface area (Å²) in [7, 11) is 0. The molecule has 1 atom stereocenters. The van der Waals surface area contributed by atoms with Gasteiger partial charge in [-0.15, -0.1) is 10.2 Å². The van der Waals surface area contributed by atoms with E-state index in [9.17, 15) is 0 Å². The quantitative estimate of drug-likeness (QED) is 0.642. The van der Waals surface area contributed by atoms with Crippen molar-refractivity contribution in [2.24, 2.45) is 0 Å². The molecule has 0 saturated carbocycles. The molecule has 1 saturated heterocycles. The molecule has 0 aliphatic carbocycles. The molecule has 0 amide bonds. The summed E-state index contributed by atoms with van der Waals surface area (Å²) in [5.41, 5.74) is 2.75. The maximum Gasteiger partial charge on any atom is 0.179 e. The number of hydrogen-bond donors (Lipinski definition) is 2. The van der Waals surface area contributed by atoms with Crippen LogP contribution in [-0.2, 0) is 0 Å². The van der Waals surface area contributed by atoms with Gasteiger partial charge in [0.1, 0.15) is 5.82 Å². The van der Waals surface area contributed by atoms with Crippen molar-refractivity contribution in [1.82, 2.24) is 29.9 Å². The summed E-state index contributed by atoms with van der Waals surface area (Å²) in [4.78, 5) is 7.43. The highest BCUT2D eigenvalue weighted by molar-refractivity contribution is 5.74. The average Bonchev–Trinajstić information content (AvgIpc) is 3.08. The SMILES string of the molecule is c1cc2c(ncc3nnc([C@H]4CCNC4)n32)[nH]1. The van der Waals surface area contributed by atoms with Crippen LogP contribution in [0.5, 0.6) is 0 Å². The second-order valence-corrected chi connectivity index (χ2v) is 4.41. The van der Waals surface area contributed by atoms with Gasteiger partial charge >= 0.3 is 0 Å². The zero-order chi connectivity index (χ0) is 11.2. The van der Waals surface area contributed by atoms with Crippen LogP contribution in [0.3, 0.4) is 0 Å². The lowest BCUT2D eigenvalue weighted by atomic mass is 10.1. The molecule has 2 N–H and O–H groups in total. The number of aromatic amines is 1. The molecule has 4 heterocycles. The Hall–Kier alpha value is -1.95. The molecule has 6 nitrogen and oxygen atoms in total. The van der Waals surface area contributed by atoms with Gasteiger partial charge in [-0.2, -0.15) is 0 Å². The molecule has 1 aliphatic rings. The van der Waals surface area contributed by atoms with Crippen LogP contribution >= 0.6 is 0 Å². The summed E-state index contributed by atoms with van der Waals surface area (Å²) in [6.45, 7) is 2.04. The lowest BCUT2D eigenvalue weighted by Gasteiger charge is -2.06. The van der Waals surface area contributed by atoms with Crippen LogP contribution in [0.25, 0.3) is 16.8 Å². The first-order valence-electron chi connectivity index (χ1n) is 5.81. The molecule has 0 spiro atoms. The van der Waals surface area contributed by atoms with Crippen LogP contribution in [0, 0.1) is 0 Å². The Bertz CT molecular complexity index is 675. The van der Waals surface area contributed by atoms with E-state index in [-0.39, 0.29) is 0 Å². The Morgan fingerprint density at radius 2 is 2.35 bits per heavy atom. The summed E-state index contributed by atoms with van der Waals surface area (Å²) >= 11 is 0. The number of rotatable bonds is 1. The molecule has 1 aliphatic heterocycles. The first-order chi connectivity index (χ1) is 8.43. The van der Waals surface area contributed by atoms with Gasteiger partial charge < -0.3 is 10.3 Å². The zero-order valence-corrected chi connectivity index (χ0v) is 9.22.